The summed E-state index contributed by atoms with van der Waals surface area (Å²) in [5, 5.41) is 3.46. The molecule has 0 aromatic rings. The van der Waals surface area contributed by atoms with Gasteiger partial charge in [0.05, 0.1) is 5.54 Å². The van der Waals surface area contributed by atoms with E-state index in [0.717, 1.165) is 44.8 Å². The van der Waals surface area contributed by atoms with Gasteiger partial charge < -0.3 is 10.2 Å². The first-order valence-electron chi connectivity index (χ1n) is 7.22. The Bertz CT molecular complexity index is 277. The smallest absolute Gasteiger partial charge is 0.242 e. The van der Waals surface area contributed by atoms with E-state index in [4.69, 9.17) is 0 Å². The molecule has 1 amide bonds. The SMILES string of the molecule is CCC1(C(=O)N2CCCC(C)CC2)CCCN1.Cl. The highest BCUT2D eigenvalue weighted by molar-refractivity contribution is 5.86. The van der Waals surface area contributed by atoms with Gasteiger partial charge >= 0.3 is 0 Å². The van der Waals surface area contributed by atoms with Gasteiger partial charge in [-0.3, -0.25) is 4.79 Å². The summed E-state index contributed by atoms with van der Waals surface area (Å²) in [7, 11) is 0. The van der Waals surface area contributed by atoms with E-state index in [0.29, 0.717) is 5.91 Å². The number of rotatable bonds is 2. The number of likely N-dealkylation sites (tertiary alicyclic amines) is 1. The van der Waals surface area contributed by atoms with Gasteiger partial charge in [0, 0.05) is 13.1 Å². The lowest BCUT2D eigenvalue weighted by Gasteiger charge is -2.33. The van der Waals surface area contributed by atoms with Crippen LogP contribution in [-0.2, 0) is 4.79 Å². The van der Waals surface area contributed by atoms with Crippen LogP contribution >= 0.6 is 12.4 Å². The summed E-state index contributed by atoms with van der Waals surface area (Å²) in [4.78, 5) is 14.8. The highest BCUT2D eigenvalue weighted by atomic mass is 35.5. The van der Waals surface area contributed by atoms with Crippen LogP contribution in [0.25, 0.3) is 0 Å². The molecule has 4 heteroatoms. The molecule has 0 spiro atoms. The highest BCUT2D eigenvalue weighted by Gasteiger charge is 2.41. The molecule has 1 N–H and O–H groups in total. The minimum atomic E-state index is -0.229. The quantitative estimate of drug-likeness (QED) is 0.839. The maximum atomic E-state index is 12.7. The number of nitrogens with one attached hydrogen (secondary N) is 1. The van der Waals surface area contributed by atoms with E-state index in [9.17, 15) is 4.79 Å². The molecule has 0 aromatic carbocycles. The highest BCUT2D eigenvalue weighted by Crippen LogP contribution is 2.27. The van der Waals surface area contributed by atoms with E-state index in [-0.39, 0.29) is 17.9 Å². The number of nitrogens with zero attached hydrogens (tertiary/aromatic N) is 1. The standard InChI is InChI=1S/C14H26N2O.ClH/c1-3-14(8-5-9-15-14)13(17)16-10-4-6-12(2)7-11-16;/h12,15H,3-11H2,1-2H3;1H. The maximum absolute atomic E-state index is 12.7. The van der Waals surface area contributed by atoms with E-state index < -0.39 is 0 Å². The van der Waals surface area contributed by atoms with Gasteiger partial charge in [0.2, 0.25) is 5.91 Å². The van der Waals surface area contributed by atoms with Crippen LogP contribution < -0.4 is 5.32 Å². The van der Waals surface area contributed by atoms with E-state index in [1.807, 2.05) is 0 Å². The van der Waals surface area contributed by atoms with E-state index in [2.05, 4.69) is 24.1 Å². The van der Waals surface area contributed by atoms with Crippen molar-refractivity contribution in [1.29, 1.82) is 0 Å². The summed E-state index contributed by atoms with van der Waals surface area (Å²) in [6, 6.07) is 0. The largest absolute Gasteiger partial charge is 0.341 e. The fraction of sp³-hybridized carbons (Fsp3) is 0.929. The van der Waals surface area contributed by atoms with Crippen molar-refractivity contribution in [1.82, 2.24) is 10.2 Å². The molecular weight excluding hydrogens is 248 g/mol. The van der Waals surface area contributed by atoms with Crippen molar-refractivity contribution < 1.29 is 4.79 Å². The molecule has 0 aromatic heterocycles. The minimum absolute atomic E-state index is 0. The number of hydrogen-bond acceptors (Lipinski definition) is 2. The molecule has 2 rings (SSSR count). The lowest BCUT2D eigenvalue weighted by Crippen LogP contribution is -2.54. The Kier molecular flexibility index (Phi) is 5.93. The van der Waals surface area contributed by atoms with Crippen molar-refractivity contribution in [2.75, 3.05) is 19.6 Å². The summed E-state index contributed by atoms with van der Waals surface area (Å²) in [6.07, 6.45) is 6.71. The zero-order valence-corrected chi connectivity index (χ0v) is 12.5. The molecule has 2 unspecified atom stereocenters. The molecule has 0 bridgehead atoms. The molecule has 2 heterocycles. The third kappa shape index (κ3) is 3.18. The fourth-order valence-corrected chi connectivity index (χ4v) is 3.21. The maximum Gasteiger partial charge on any atom is 0.242 e. The van der Waals surface area contributed by atoms with Crippen molar-refractivity contribution in [3.05, 3.63) is 0 Å². The van der Waals surface area contributed by atoms with Crippen molar-refractivity contribution >= 4 is 18.3 Å². The van der Waals surface area contributed by atoms with Gasteiger partial charge in [-0.2, -0.15) is 0 Å². The number of hydrogen-bond donors (Lipinski definition) is 1. The molecule has 2 saturated heterocycles. The van der Waals surface area contributed by atoms with Crippen LogP contribution in [0.5, 0.6) is 0 Å². The van der Waals surface area contributed by atoms with E-state index >= 15 is 0 Å². The molecule has 0 saturated carbocycles. The first kappa shape index (κ1) is 15.8. The van der Waals surface area contributed by atoms with Gasteiger partial charge in [-0.1, -0.05) is 13.8 Å². The Morgan fingerprint density at radius 2 is 2.11 bits per heavy atom. The predicted molar refractivity (Wildman–Crippen MR) is 77.1 cm³/mol. The lowest BCUT2D eigenvalue weighted by molar-refractivity contribution is -0.138. The van der Waals surface area contributed by atoms with E-state index in [1.54, 1.807) is 0 Å². The average molecular weight is 275 g/mol. The second kappa shape index (κ2) is 6.76. The third-order valence-corrected chi connectivity index (χ3v) is 4.56. The van der Waals surface area contributed by atoms with Gasteiger partial charge in [-0.25, -0.2) is 0 Å². The van der Waals surface area contributed by atoms with E-state index in [1.165, 1.54) is 19.3 Å². The normalized spacial score (nSPS) is 32.8. The van der Waals surface area contributed by atoms with Crippen molar-refractivity contribution in [2.24, 2.45) is 5.92 Å². The molecule has 3 nitrogen and oxygen atoms in total. The summed E-state index contributed by atoms with van der Waals surface area (Å²) in [6.45, 7) is 7.37. The van der Waals surface area contributed by atoms with Crippen LogP contribution in [0, 0.1) is 5.92 Å². The minimum Gasteiger partial charge on any atom is -0.341 e. The van der Waals surface area contributed by atoms with Crippen molar-refractivity contribution in [3.8, 4) is 0 Å². The first-order valence-corrected chi connectivity index (χ1v) is 7.22. The molecule has 0 radical (unpaired) electrons. The van der Waals surface area contributed by atoms with Gasteiger partial charge in [-0.05, 0) is 51.0 Å². The molecular formula is C14H27ClN2O. The Morgan fingerprint density at radius 1 is 1.33 bits per heavy atom. The molecule has 2 fully saturated rings. The molecule has 106 valence electrons. The first-order chi connectivity index (χ1) is 8.18. The van der Waals surface area contributed by atoms with Gasteiger partial charge in [0.15, 0.2) is 0 Å². The zero-order valence-electron chi connectivity index (χ0n) is 11.7. The van der Waals surface area contributed by atoms with Crippen LogP contribution in [-0.4, -0.2) is 36.0 Å². The molecule has 18 heavy (non-hydrogen) atoms. The summed E-state index contributed by atoms with van der Waals surface area (Å²) in [5.74, 6) is 1.15. The van der Waals surface area contributed by atoms with Gasteiger partial charge in [0.1, 0.15) is 0 Å². The predicted octanol–water partition coefficient (Wildman–Crippen LogP) is 2.59. The number of carbonyl (C=O) groups is 1. The molecule has 2 atom stereocenters. The number of amides is 1. The monoisotopic (exact) mass is 274 g/mol. The summed E-state index contributed by atoms with van der Waals surface area (Å²) >= 11 is 0. The van der Waals surface area contributed by atoms with Gasteiger partial charge in [0.25, 0.3) is 0 Å². The molecule has 0 aliphatic carbocycles. The van der Waals surface area contributed by atoms with Crippen LogP contribution in [0.2, 0.25) is 0 Å². The van der Waals surface area contributed by atoms with Crippen molar-refractivity contribution in [2.45, 2.75) is 57.9 Å². The number of halogens is 1. The second-order valence-electron chi connectivity index (χ2n) is 5.79. The average Bonchev–Trinajstić information content (AvgIpc) is 2.73. The number of carbonyl (C=O) groups excluding carboxylic acids is 1. The second-order valence-corrected chi connectivity index (χ2v) is 5.79. The third-order valence-electron chi connectivity index (χ3n) is 4.56. The topological polar surface area (TPSA) is 32.3 Å². The Balaban J connectivity index is 0.00000162. The summed E-state index contributed by atoms with van der Waals surface area (Å²) < 4.78 is 0. The fourth-order valence-electron chi connectivity index (χ4n) is 3.21. The van der Waals surface area contributed by atoms with Gasteiger partial charge in [-0.15, -0.1) is 12.4 Å². The van der Waals surface area contributed by atoms with Crippen LogP contribution in [0.4, 0.5) is 0 Å². The van der Waals surface area contributed by atoms with Crippen LogP contribution in [0.3, 0.4) is 0 Å². The molecule has 2 aliphatic heterocycles. The van der Waals surface area contributed by atoms with Crippen LogP contribution in [0.15, 0.2) is 0 Å². The zero-order chi connectivity index (χ0) is 12.3. The Labute approximate surface area is 117 Å². The van der Waals surface area contributed by atoms with Crippen LogP contribution in [0.1, 0.15) is 52.4 Å². The van der Waals surface area contributed by atoms with Crippen molar-refractivity contribution in [3.63, 3.8) is 0 Å². The Hall–Kier alpha value is -0.280. The lowest BCUT2D eigenvalue weighted by atomic mass is 9.92. The summed E-state index contributed by atoms with van der Waals surface area (Å²) in [5.41, 5.74) is -0.229. The Morgan fingerprint density at radius 3 is 2.72 bits per heavy atom. The molecule has 2 aliphatic rings.